The molecule has 1 aliphatic rings. The van der Waals surface area contributed by atoms with E-state index in [2.05, 4.69) is 25.7 Å². The number of nitrogens with two attached hydrogens (primary N) is 1. The van der Waals surface area contributed by atoms with Gasteiger partial charge in [-0.05, 0) is 45.1 Å². The maximum Gasteiger partial charge on any atom is 0.0509 e. The van der Waals surface area contributed by atoms with Gasteiger partial charge in [-0.1, -0.05) is 20.3 Å². The highest BCUT2D eigenvalue weighted by molar-refractivity contribution is 4.84. The van der Waals surface area contributed by atoms with Crippen molar-refractivity contribution < 1.29 is 4.74 Å². The van der Waals surface area contributed by atoms with Crippen molar-refractivity contribution in [2.45, 2.75) is 65.0 Å². The van der Waals surface area contributed by atoms with Crippen LogP contribution in [0.15, 0.2) is 0 Å². The molecule has 0 aromatic rings. The summed E-state index contributed by atoms with van der Waals surface area (Å²) in [7, 11) is 0. The zero-order chi connectivity index (χ0) is 13.4. The standard InChI is InChI=1S/C15H32N2O/c1-4-6-9-17(13(3)5-2)15(11-16)14-8-7-10-18-12-14/h13-15H,4-12,16H2,1-3H3. The molecule has 1 aliphatic heterocycles. The van der Waals surface area contributed by atoms with E-state index in [1.807, 2.05) is 0 Å². The highest BCUT2D eigenvalue weighted by Crippen LogP contribution is 2.23. The number of nitrogens with zero attached hydrogens (tertiary/aromatic N) is 1. The van der Waals surface area contributed by atoms with Crippen LogP contribution < -0.4 is 5.73 Å². The fourth-order valence-corrected chi connectivity index (χ4v) is 2.96. The van der Waals surface area contributed by atoms with Gasteiger partial charge in [0.2, 0.25) is 0 Å². The van der Waals surface area contributed by atoms with E-state index in [9.17, 15) is 0 Å². The fourth-order valence-electron chi connectivity index (χ4n) is 2.96. The molecule has 0 aliphatic carbocycles. The van der Waals surface area contributed by atoms with E-state index in [4.69, 9.17) is 10.5 Å². The van der Waals surface area contributed by atoms with Crippen LogP contribution >= 0.6 is 0 Å². The number of ether oxygens (including phenoxy) is 1. The van der Waals surface area contributed by atoms with Crippen LogP contribution in [-0.4, -0.2) is 43.3 Å². The number of hydrogen-bond donors (Lipinski definition) is 1. The molecule has 0 spiro atoms. The molecule has 0 saturated carbocycles. The van der Waals surface area contributed by atoms with Gasteiger partial charge >= 0.3 is 0 Å². The smallest absolute Gasteiger partial charge is 0.0509 e. The third-order valence-electron chi connectivity index (χ3n) is 4.33. The summed E-state index contributed by atoms with van der Waals surface area (Å²) in [4.78, 5) is 2.64. The average molecular weight is 256 g/mol. The first-order valence-corrected chi connectivity index (χ1v) is 7.78. The van der Waals surface area contributed by atoms with Gasteiger partial charge in [-0.25, -0.2) is 0 Å². The van der Waals surface area contributed by atoms with Crippen LogP contribution in [0.3, 0.4) is 0 Å². The molecular weight excluding hydrogens is 224 g/mol. The molecule has 3 heteroatoms. The van der Waals surface area contributed by atoms with Crippen molar-refractivity contribution in [1.29, 1.82) is 0 Å². The van der Waals surface area contributed by atoms with Gasteiger partial charge in [-0.3, -0.25) is 4.90 Å². The summed E-state index contributed by atoms with van der Waals surface area (Å²) in [6, 6.07) is 1.14. The molecule has 3 nitrogen and oxygen atoms in total. The Hall–Kier alpha value is -0.120. The monoisotopic (exact) mass is 256 g/mol. The Balaban J connectivity index is 2.64. The molecule has 1 rings (SSSR count). The predicted molar refractivity (Wildman–Crippen MR) is 77.8 cm³/mol. The maximum atomic E-state index is 6.07. The van der Waals surface area contributed by atoms with E-state index >= 15 is 0 Å². The van der Waals surface area contributed by atoms with E-state index in [0.717, 1.165) is 19.8 Å². The minimum absolute atomic E-state index is 0.506. The van der Waals surface area contributed by atoms with Crippen LogP contribution in [0.4, 0.5) is 0 Å². The van der Waals surface area contributed by atoms with Gasteiger partial charge in [-0.15, -0.1) is 0 Å². The third kappa shape index (κ3) is 4.52. The van der Waals surface area contributed by atoms with Crippen molar-refractivity contribution in [2.75, 3.05) is 26.3 Å². The molecule has 0 aromatic carbocycles. The van der Waals surface area contributed by atoms with E-state index in [-0.39, 0.29) is 0 Å². The fraction of sp³-hybridized carbons (Fsp3) is 1.00. The van der Waals surface area contributed by atoms with Crippen molar-refractivity contribution in [2.24, 2.45) is 11.7 Å². The van der Waals surface area contributed by atoms with Crippen LogP contribution in [0.25, 0.3) is 0 Å². The van der Waals surface area contributed by atoms with E-state index < -0.39 is 0 Å². The molecule has 108 valence electrons. The summed E-state index contributed by atoms with van der Waals surface area (Å²) in [6.45, 7) is 10.7. The van der Waals surface area contributed by atoms with Crippen LogP contribution in [0.2, 0.25) is 0 Å². The minimum Gasteiger partial charge on any atom is -0.381 e. The summed E-state index contributed by atoms with van der Waals surface area (Å²) < 4.78 is 5.65. The van der Waals surface area contributed by atoms with Crippen LogP contribution in [0.1, 0.15) is 52.9 Å². The molecule has 1 saturated heterocycles. The largest absolute Gasteiger partial charge is 0.381 e. The molecule has 0 aromatic heterocycles. The quantitative estimate of drug-likeness (QED) is 0.725. The van der Waals surface area contributed by atoms with Crippen molar-refractivity contribution in [3.63, 3.8) is 0 Å². The lowest BCUT2D eigenvalue weighted by atomic mass is 9.91. The second kappa shape index (κ2) is 8.89. The van der Waals surface area contributed by atoms with Gasteiger partial charge in [0.05, 0.1) is 6.61 Å². The topological polar surface area (TPSA) is 38.5 Å². The molecular formula is C15H32N2O. The van der Waals surface area contributed by atoms with Gasteiger partial charge < -0.3 is 10.5 Å². The molecule has 0 amide bonds. The SMILES string of the molecule is CCCCN(C(C)CC)C(CN)C1CCCOC1. The predicted octanol–water partition coefficient (Wildman–Crippen LogP) is 2.64. The first-order chi connectivity index (χ1) is 8.74. The summed E-state index contributed by atoms with van der Waals surface area (Å²) in [5.74, 6) is 0.634. The van der Waals surface area contributed by atoms with Gasteiger partial charge in [0.15, 0.2) is 0 Å². The minimum atomic E-state index is 0.506. The van der Waals surface area contributed by atoms with Gasteiger partial charge in [0, 0.05) is 25.2 Å². The van der Waals surface area contributed by atoms with E-state index in [1.54, 1.807) is 0 Å². The average Bonchev–Trinajstić information content (AvgIpc) is 2.43. The molecule has 2 N–H and O–H groups in total. The van der Waals surface area contributed by atoms with Crippen molar-refractivity contribution in [1.82, 2.24) is 4.90 Å². The molecule has 0 radical (unpaired) electrons. The highest BCUT2D eigenvalue weighted by atomic mass is 16.5. The molecule has 3 atom stereocenters. The van der Waals surface area contributed by atoms with Crippen molar-refractivity contribution >= 4 is 0 Å². The van der Waals surface area contributed by atoms with E-state index in [1.165, 1.54) is 38.6 Å². The van der Waals surface area contributed by atoms with Gasteiger partial charge in [0.1, 0.15) is 0 Å². The van der Waals surface area contributed by atoms with Gasteiger partial charge in [-0.2, -0.15) is 0 Å². The molecule has 18 heavy (non-hydrogen) atoms. The second-order valence-electron chi connectivity index (χ2n) is 5.63. The number of unbranched alkanes of at least 4 members (excludes halogenated alkanes) is 1. The Morgan fingerprint density at radius 1 is 1.39 bits per heavy atom. The summed E-state index contributed by atoms with van der Waals surface area (Å²) in [6.07, 6.45) is 6.21. The zero-order valence-electron chi connectivity index (χ0n) is 12.5. The maximum absolute atomic E-state index is 6.07. The first kappa shape index (κ1) is 15.9. The van der Waals surface area contributed by atoms with Gasteiger partial charge in [0.25, 0.3) is 0 Å². The molecule has 3 unspecified atom stereocenters. The Bertz CT molecular complexity index is 205. The Morgan fingerprint density at radius 2 is 2.17 bits per heavy atom. The number of rotatable bonds is 8. The Labute approximate surface area is 113 Å². The van der Waals surface area contributed by atoms with Crippen LogP contribution in [0.5, 0.6) is 0 Å². The van der Waals surface area contributed by atoms with Crippen molar-refractivity contribution in [3.8, 4) is 0 Å². The number of hydrogen-bond acceptors (Lipinski definition) is 3. The lowest BCUT2D eigenvalue weighted by Crippen LogP contribution is -2.51. The summed E-state index contributed by atoms with van der Waals surface area (Å²) >= 11 is 0. The third-order valence-corrected chi connectivity index (χ3v) is 4.33. The molecule has 0 bridgehead atoms. The van der Waals surface area contributed by atoms with Crippen molar-refractivity contribution in [3.05, 3.63) is 0 Å². The molecule has 1 fully saturated rings. The van der Waals surface area contributed by atoms with Crippen LogP contribution in [-0.2, 0) is 4.74 Å². The summed E-state index contributed by atoms with van der Waals surface area (Å²) in [5.41, 5.74) is 6.07. The second-order valence-corrected chi connectivity index (χ2v) is 5.63. The van der Waals surface area contributed by atoms with E-state index in [0.29, 0.717) is 18.0 Å². The normalized spacial score (nSPS) is 24.2. The molecule has 1 heterocycles. The first-order valence-electron chi connectivity index (χ1n) is 7.78. The lowest BCUT2D eigenvalue weighted by Gasteiger charge is -2.41. The Morgan fingerprint density at radius 3 is 2.67 bits per heavy atom. The van der Waals surface area contributed by atoms with Crippen LogP contribution in [0, 0.1) is 5.92 Å². The zero-order valence-corrected chi connectivity index (χ0v) is 12.5. The Kier molecular flexibility index (Phi) is 7.87. The lowest BCUT2D eigenvalue weighted by molar-refractivity contribution is -0.0000882. The highest BCUT2D eigenvalue weighted by Gasteiger charge is 2.30. The summed E-state index contributed by atoms with van der Waals surface area (Å²) in [5, 5.41) is 0.